The van der Waals surface area contributed by atoms with Crippen LogP contribution in [0.3, 0.4) is 0 Å². The molecule has 0 spiro atoms. The standard InChI is InChI=1S/C23H14ClFN4O/c24-16-2-1-3-18(11-16)29-13-22(27-28-29)15-6-4-14(5-7-15)10-20-19-12-17(25)8-9-21(19)26-23(20)30/h1-13H,(H,26,30)/b20-10-. The van der Waals surface area contributed by atoms with Gasteiger partial charge in [0.2, 0.25) is 0 Å². The number of benzene rings is 3. The van der Waals surface area contributed by atoms with Crippen LogP contribution in [0.25, 0.3) is 28.6 Å². The Balaban J connectivity index is 1.43. The molecule has 0 bridgehead atoms. The maximum Gasteiger partial charge on any atom is 0.256 e. The van der Waals surface area contributed by atoms with Crippen molar-refractivity contribution in [3.8, 4) is 16.9 Å². The summed E-state index contributed by atoms with van der Waals surface area (Å²) in [6.07, 6.45) is 3.57. The van der Waals surface area contributed by atoms with Gasteiger partial charge < -0.3 is 5.32 Å². The SMILES string of the molecule is O=C1Nc2ccc(F)cc2/C1=C/c1ccc(-c2cn(-c3cccc(Cl)c3)nn2)cc1. The highest BCUT2D eigenvalue weighted by Gasteiger charge is 2.24. The fourth-order valence-corrected chi connectivity index (χ4v) is 3.55. The summed E-state index contributed by atoms with van der Waals surface area (Å²) in [5.74, 6) is -0.626. The Morgan fingerprint density at radius 1 is 1.03 bits per heavy atom. The molecule has 1 aromatic heterocycles. The van der Waals surface area contributed by atoms with E-state index in [-0.39, 0.29) is 11.7 Å². The molecule has 0 saturated carbocycles. The smallest absolute Gasteiger partial charge is 0.256 e. The number of fused-ring (bicyclic) bond motifs is 1. The molecule has 0 unspecified atom stereocenters. The van der Waals surface area contributed by atoms with Crippen LogP contribution >= 0.6 is 11.6 Å². The minimum atomic E-state index is -0.380. The van der Waals surface area contributed by atoms with E-state index in [1.807, 2.05) is 48.7 Å². The average molecular weight is 417 g/mol. The molecule has 2 heterocycles. The lowest BCUT2D eigenvalue weighted by Gasteiger charge is -2.01. The first-order chi connectivity index (χ1) is 14.6. The number of anilines is 1. The first-order valence-electron chi connectivity index (χ1n) is 9.18. The van der Waals surface area contributed by atoms with Crippen molar-refractivity contribution in [1.29, 1.82) is 0 Å². The number of rotatable bonds is 3. The summed E-state index contributed by atoms with van der Waals surface area (Å²) >= 11 is 6.04. The molecule has 7 heteroatoms. The van der Waals surface area contributed by atoms with E-state index in [1.54, 1.807) is 22.9 Å². The molecule has 1 aliphatic rings. The third kappa shape index (κ3) is 3.38. The molecule has 1 amide bonds. The fraction of sp³-hybridized carbons (Fsp3) is 0. The van der Waals surface area contributed by atoms with E-state index < -0.39 is 0 Å². The number of nitrogens with one attached hydrogen (secondary N) is 1. The van der Waals surface area contributed by atoms with Crippen molar-refractivity contribution in [3.05, 3.63) is 94.9 Å². The molecule has 5 nitrogen and oxygen atoms in total. The number of aromatic nitrogens is 3. The van der Waals surface area contributed by atoms with E-state index in [4.69, 9.17) is 11.6 Å². The predicted octanol–water partition coefficient (Wildman–Crippen LogP) is 5.22. The zero-order valence-electron chi connectivity index (χ0n) is 15.5. The second kappa shape index (κ2) is 7.24. The number of halogens is 2. The number of nitrogens with zero attached hydrogens (tertiary/aromatic N) is 3. The highest BCUT2D eigenvalue weighted by atomic mass is 35.5. The lowest BCUT2D eigenvalue weighted by Crippen LogP contribution is -2.03. The molecule has 0 atom stereocenters. The largest absolute Gasteiger partial charge is 0.321 e. The molecule has 0 radical (unpaired) electrons. The zero-order chi connectivity index (χ0) is 20.7. The van der Waals surface area contributed by atoms with Crippen LogP contribution in [0.15, 0.2) is 72.9 Å². The Labute approximate surface area is 176 Å². The van der Waals surface area contributed by atoms with Gasteiger partial charge in [-0.15, -0.1) is 5.10 Å². The quantitative estimate of drug-likeness (QED) is 0.466. The van der Waals surface area contributed by atoms with Gasteiger partial charge in [-0.2, -0.15) is 0 Å². The summed E-state index contributed by atoms with van der Waals surface area (Å²) in [5.41, 5.74) is 4.84. The summed E-state index contributed by atoms with van der Waals surface area (Å²) in [6, 6.07) is 19.2. The highest BCUT2D eigenvalue weighted by Crippen LogP contribution is 2.33. The maximum atomic E-state index is 13.6. The zero-order valence-corrected chi connectivity index (χ0v) is 16.3. The van der Waals surface area contributed by atoms with Gasteiger partial charge in [-0.25, -0.2) is 9.07 Å². The first-order valence-corrected chi connectivity index (χ1v) is 9.56. The summed E-state index contributed by atoms with van der Waals surface area (Å²) in [7, 11) is 0. The molecule has 0 aliphatic carbocycles. The lowest BCUT2D eigenvalue weighted by atomic mass is 10.0. The third-order valence-electron chi connectivity index (χ3n) is 4.85. The van der Waals surface area contributed by atoms with E-state index in [2.05, 4.69) is 15.6 Å². The second-order valence-corrected chi connectivity index (χ2v) is 7.29. The van der Waals surface area contributed by atoms with Gasteiger partial charge in [-0.05, 0) is 48.0 Å². The summed E-state index contributed by atoms with van der Waals surface area (Å²) < 4.78 is 15.3. The molecule has 0 saturated heterocycles. The normalized spacial score (nSPS) is 14.1. The van der Waals surface area contributed by atoms with Crippen LogP contribution in [0.4, 0.5) is 10.1 Å². The van der Waals surface area contributed by atoms with Crippen LogP contribution in [0, 0.1) is 5.82 Å². The van der Waals surface area contributed by atoms with Crippen LogP contribution in [0.1, 0.15) is 11.1 Å². The molecule has 5 rings (SSSR count). The van der Waals surface area contributed by atoms with E-state index >= 15 is 0 Å². The van der Waals surface area contributed by atoms with Gasteiger partial charge in [0.15, 0.2) is 0 Å². The summed E-state index contributed by atoms with van der Waals surface area (Å²) in [5, 5.41) is 11.8. The molecular formula is C23H14ClFN4O. The summed E-state index contributed by atoms with van der Waals surface area (Å²) in [6.45, 7) is 0. The third-order valence-corrected chi connectivity index (χ3v) is 5.08. The Morgan fingerprint density at radius 3 is 2.67 bits per heavy atom. The molecule has 1 aliphatic heterocycles. The van der Waals surface area contributed by atoms with E-state index in [0.717, 1.165) is 16.8 Å². The van der Waals surface area contributed by atoms with Gasteiger partial charge in [0.05, 0.1) is 11.9 Å². The van der Waals surface area contributed by atoms with Crippen molar-refractivity contribution in [2.45, 2.75) is 0 Å². The maximum absolute atomic E-state index is 13.6. The van der Waals surface area contributed by atoms with E-state index in [9.17, 15) is 9.18 Å². The number of carbonyl (C=O) groups excluding carboxylic acids is 1. The van der Waals surface area contributed by atoms with Crippen LogP contribution in [-0.4, -0.2) is 20.9 Å². The number of carbonyl (C=O) groups is 1. The van der Waals surface area contributed by atoms with Crippen molar-refractivity contribution in [1.82, 2.24) is 15.0 Å². The Bertz CT molecular complexity index is 1310. The van der Waals surface area contributed by atoms with Crippen molar-refractivity contribution in [2.75, 3.05) is 5.32 Å². The topological polar surface area (TPSA) is 59.8 Å². The highest BCUT2D eigenvalue weighted by molar-refractivity contribution is 6.34. The number of hydrogen-bond donors (Lipinski definition) is 1. The van der Waals surface area contributed by atoms with Gasteiger partial charge in [-0.3, -0.25) is 4.79 Å². The number of hydrogen-bond acceptors (Lipinski definition) is 3. The van der Waals surface area contributed by atoms with Gasteiger partial charge in [0.25, 0.3) is 5.91 Å². The van der Waals surface area contributed by atoms with Crippen LogP contribution < -0.4 is 5.32 Å². The summed E-state index contributed by atoms with van der Waals surface area (Å²) in [4.78, 5) is 12.3. The van der Waals surface area contributed by atoms with Crippen molar-refractivity contribution in [2.24, 2.45) is 0 Å². The Morgan fingerprint density at radius 2 is 1.87 bits per heavy atom. The number of amides is 1. The molecule has 1 N–H and O–H groups in total. The fourth-order valence-electron chi connectivity index (χ4n) is 3.36. The van der Waals surface area contributed by atoms with Crippen LogP contribution in [-0.2, 0) is 4.79 Å². The van der Waals surface area contributed by atoms with Gasteiger partial charge >= 0.3 is 0 Å². The Kier molecular flexibility index (Phi) is 4.41. The molecule has 146 valence electrons. The van der Waals surface area contributed by atoms with E-state index in [0.29, 0.717) is 27.5 Å². The first kappa shape index (κ1) is 18.3. The molecule has 4 aromatic rings. The molecule has 0 fully saturated rings. The minimum Gasteiger partial charge on any atom is -0.321 e. The van der Waals surface area contributed by atoms with Crippen molar-refractivity contribution < 1.29 is 9.18 Å². The van der Waals surface area contributed by atoms with Gasteiger partial charge in [0.1, 0.15) is 11.5 Å². The monoisotopic (exact) mass is 416 g/mol. The van der Waals surface area contributed by atoms with Crippen molar-refractivity contribution >= 4 is 34.8 Å². The molecule has 3 aromatic carbocycles. The minimum absolute atomic E-state index is 0.246. The Hall–Kier alpha value is -3.77. The second-order valence-electron chi connectivity index (χ2n) is 6.85. The van der Waals surface area contributed by atoms with Crippen LogP contribution in [0.5, 0.6) is 0 Å². The van der Waals surface area contributed by atoms with Gasteiger partial charge in [0, 0.05) is 27.4 Å². The predicted molar refractivity (Wildman–Crippen MR) is 115 cm³/mol. The van der Waals surface area contributed by atoms with Crippen molar-refractivity contribution in [3.63, 3.8) is 0 Å². The molecule has 30 heavy (non-hydrogen) atoms. The van der Waals surface area contributed by atoms with Gasteiger partial charge in [-0.1, -0.05) is 47.1 Å². The van der Waals surface area contributed by atoms with Crippen LogP contribution in [0.2, 0.25) is 5.02 Å². The average Bonchev–Trinajstić information content (AvgIpc) is 3.34. The van der Waals surface area contributed by atoms with E-state index in [1.165, 1.54) is 12.1 Å². The molecular weight excluding hydrogens is 403 g/mol. The lowest BCUT2D eigenvalue weighted by molar-refractivity contribution is -0.110.